The van der Waals surface area contributed by atoms with Gasteiger partial charge in [-0.2, -0.15) is 0 Å². The van der Waals surface area contributed by atoms with Gasteiger partial charge in [0.1, 0.15) is 0 Å². The lowest BCUT2D eigenvalue weighted by molar-refractivity contribution is -0.113. The smallest absolute Gasteiger partial charge is 0.248 e. The van der Waals surface area contributed by atoms with Gasteiger partial charge in [-0.3, -0.25) is 9.59 Å². The van der Waals surface area contributed by atoms with Crippen LogP contribution in [0, 0.1) is 6.92 Å². The lowest BCUT2D eigenvalue weighted by Gasteiger charge is -2.07. The Morgan fingerprint density at radius 2 is 1.81 bits per heavy atom. The summed E-state index contributed by atoms with van der Waals surface area (Å²) in [5, 5.41) is 11.4. The molecule has 0 fully saturated rings. The van der Waals surface area contributed by atoms with Gasteiger partial charge in [0.2, 0.25) is 17.0 Å². The van der Waals surface area contributed by atoms with Crippen LogP contribution in [0.2, 0.25) is 0 Å². The van der Waals surface area contributed by atoms with Crippen LogP contribution in [0.3, 0.4) is 0 Å². The molecule has 5 N–H and O–H groups in total. The summed E-state index contributed by atoms with van der Waals surface area (Å²) in [5.41, 5.74) is 8.06. The number of rotatable bonds is 6. The molecule has 27 heavy (non-hydrogen) atoms. The molecule has 1 aromatic heterocycles. The van der Waals surface area contributed by atoms with E-state index in [4.69, 9.17) is 11.6 Å². The van der Waals surface area contributed by atoms with Gasteiger partial charge in [-0.1, -0.05) is 36.0 Å². The first-order chi connectivity index (χ1) is 13.0. The zero-order chi connectivity index (χ0) is 19.4. The highest BCUT2D eigenvalue weighted by Crippen LogP contribution is 2.24. The molecular weight excluding hydrogens is 364 g/mol. The number of aromatic nitrogens is 3. The summed E-state index contributed by atoms with van der Waals surface area (Å²) in [4.78, 5) is 23.2. The molecule has 0 aliphatic carbocycles. The van der Waals surface area contributed by atoms with Crippen LogP contribution in [0.25, 0.3) is 11.4 Å². The summed E-state index contributed by atoms with van der Waals surface area (Å²) >= 11 is 1.18. The minimum absolute atomic E-state index is 0.112. The van der Waals surface area contributed by atoms with Gasteiger partial charge in [0.05, 0.1) is 5.75 Å². The Kier molecular flexibility index (Phi) is 5.41. The number of carbonyl (C=O) groups excluding carboxylic acids is 2. The number of hydrogen-bond acceptors (Lipinski definition) is 6. The fourth-order valence-corrected chi connectivity index (χ4v) is 3.08. The molecule has 0 aliphatic heterocycles. The number of amides is 2. The van der Waals surface area contributed by atoms with E-state index in [1.54, 1.807) is 24.3 Å². The van der Waals surface area contributed by atoms with Gasteiger partial charge >= 0.3 is 0 Å². The molecule has 3 rings (SSSR count). The maximum atomic E-state index is 12.1. The number of aryl methyl sites for hydroxylation is 1. The second kappa shape index (κ2) is 7.92. The lowest BCUT2D eigenvalue weighted by Crippen LogP contribution is -2.17. The van der Waals surface area contributed by atoms with Crippen molar-refractivity contribution < 1.29 is 9.59 Å². The first-order valence-electron chi connectivity index (χ1n) is 8.04. The fourth-order valence-electron chi connectivity index (χ4n) is 2.43. The van der Waals surface area contributed by atoms with Crippen molar-refractivity contribution in [1.82, 2.24) is 14.9 Å². The van der Waals surface area contributed by atoms with E-state index in [9.17, 15) is 9.59 Å². The Hall–Kier alpha value is -3.33. The van der Waals surface area contributed by atoms with Crippen LogP contribution < -0.4 is 16.9 Å². The van der Waals surface area contributed by atoms with E-state index in [1.807, 2.05) is 31.2 Å². The number of hydrogen-bond donors (Lipinski definition) is 3. The van der Waals surface area contributed by atoms with Gasteiger partial charge in [0.15, 0.2) is 5.82 Å². The highest BCUT2D eigenvalue weighted by Gasteiger charge is 2.15. The predicted molar refractivity (Wildman–Crippen MR) is 105 cm³/mol. The van der Waals surface area contributed by atoms with Gasteiger partial charge < -0.3 is 16.9 Å². The van der Waals surface area contributed by atoms with Crippen LogP contribution in [-0.2, 0) is 4.79 Å². The van der Waals surface area contributed by atoms with Crippen LogP contribution in [0.15, 0.2) is 53.7 Å². The largest absolute Gasteiger partial charge is 0.366 e. The van der Waals surface area contributed by atoms with E-state index in [0.717, 1.165) is 11.1 Å². The molecule has 8 nitrogen and oxygen atoms in total. The first kappa shape index (κ1) is 18.5. The van der Waals surface area contributed by atoms with Gasteiger partial charge in [-0.05, 0) is 36.8 Å². The van der Waals surface area contributed by atoms with Crippen LogP contribution in [0.1, 0.15) is 15.9 Å². The number of primary amides is 1. The number of nitrogen functional groups attached to an aromatic ring is 1. The Morgan fingerprint density at radius 3 is 2.48 bits per heavy atom. The molecule has 0 saturated heterocycles. The minimum atomic E-state index is -0.518. The molecule has 0 spiro atoms. The van der Waals surface area contributed by atoms with Crippen molar-refractivity contribution in [2.45, 2.75) is 12.1 Å². The number of carbonyl (C=O) groups is 2. The van der Waals surface area contributed by atoms with Crippen LogP contribution >= 0.6 is 11.8 Å². The third kappa shape index (κ3) is 4.26. The van der Waals surface area contributed by atoms with Crippen molar-refractivity contribution in [3.63, 3.8) is 0 Å². The average molecular weight is 382 g/mol. The van der Waals surface area contributed by atoms with E-state index < -0.39 is 5.91 Å². The Morgan fingerprint density at radius 1 is 1.11 bits per heavy atom. The second-order valence-electron chi connectivity index (χ2n) is 5.77. The number of thioether (sulfide) groups is 1. The van der Waals surface area contributed by atoms with Crippen molar-refractivity contribution in [3.8, 4) is 11.4 Å². The maximum absolute atomic E-state index is 12.1. The number of benzene rings is 2. The summed E-state index contributed by atoms with van der Waals surface area (Å²) in [6, 6.07) is 14.1. The highest BCUT2D eigenvalue weighted by molar-refractivity contribution is 7.99. The van der Waals surface area contributed by atoms with Crippen LogP contribution in [0.4, 0.5) is 5.69 Å². The molecule has 3 aromatic rings. The quantitative estimate of drug-likeness (QED) is 0.440. The second-order valence-corrected chi connectivity index (χ2v) is 6.71. The summed E-state index contributed by atoms with van der Waals surface area (Å²) < 4.78 is 1.38. The molecule has 0 bridgehead atoms. The molecule has 0 saturated carbocycles. The van der Waals surface area contributed by atoms with E-state index >= 15 is 0 Å². The van der Waals surface area contributed by atoms with Crippen molar-refractivity contribution in [2.75, 3.05) is 16.9 Å². The Bertz CT molecular complexity index is 984. The normalized spacial score (nSPS) is 10.6. The fraction of sp³-hybridized carbons (Fsp3) is 0.111. The predicted octanol–water partition coefficient (Wildman–Crippen LogP) is 1.80. The van der Waals surface area contributed by atoms with Gasteiger partial charge in [0, 0.05) is 16.8 Å². The third-order valence-electron chi connectivity index (χ3n) is 3.84. The standard InChI is InChI=1S/C18H18N6O2S/c1-11-4-2-3-5-14(11)17-22-23-18(24(17)20)27-10-15(25)21-13-8-6-12(7-9-13)16(19)26/h2-9H,10,20H2,1H3,(H2,19,26)(H,21,25). The molecule has 138 valence electrons. The number of nitrogens with zero attached hydrogens (tertiary/aromatic N) is 3. The van der Waals surface area contributed by atoms with E-state index in [1.165, 1.54) is 16.4 Å². The van der Waals surface area contributed by atoms with Gasteiger partial charge in [-0.15, -0.1) is 10.2 Å². The summed E-state index contributed by atoms with van der Waals surface area (Å²) in [5.74, 6) is 5.99. The minimum Gasteiger partial charge on any atom is -0.366 e. The molecular formula is C18H18N6O2S. The van der Waals surface area contributed by atoms with Gasteiger partial charge in [0.25, 0.3) is 0 Å². The number of nitrogens with two attached hydrogens (primary N) is 2. The highest BCUT2D eigenvalue weighted by atomic mass is 32.2. The monoisotopic (exact) mass is 382 g/mol. The summed E-state index contributed by atoms with van der Waals surface area (Å²) in [6.45, 7) is 1.97. The molecule has 9 heteroatoms. The van der Waals surface area contributed by atoms with Crippen molar-refractivity contribution in [1.29, 1.82) is 0 Å². The van der Waals surface area contributed by atoms with Crippen LogP contribution in [-0.4, -0.2) is 32.4 Å². The molecule has 0 unspecified atom stereocenters. The average Bonchev–Trinajstić information content (AvgIpc) is 3.01. The SMILES string of the molecule is Cc1ccccc1-c1nnc(SCC(=O)Nc2ccc(C(N)=O)cc2)n1N. The van der Waals surface area contributed by atoms with Crippen LogP contribution in [0.5, 0.6) is 0 Å². The van der Waals surface area contributed by atoms with Crippen molar-refractivity contribution in [3.05, 3.63) is 59.7 Å². The topological polar surface area (TPSA) is 129 Å². The first-order valence-corrected chi connectivity index (χ1v) is 9.03. The zero-order valence-corrected chi connectivity index (χ0v) is 15.4. The van der Waals surface area contributed by atoms with Crippen molar-refractivity contribution in [2.24, 2.45) is 5.73 Å². The van der Waals surface area contributed by atoms with E-state index in [-0.39, 0.29) is 11.7 Å². The van der Waals surface area contributed by atoms with E-state index in [0.29, 0.717) is 22.2 Å². The Balaban J connectivity index is 1.62. The summed E-state index contributed by atoms with van der Waals surface area (Å²) in [7, 11) is 0. The molecule has 0 atom stereocenters. The van der Waals surface area contributed by atoms with Crippen molar-refractivity contribution >= 4 is 29.3 Å². The number of nitrogens with one attached hydrogen (secondary N) is 1. The lowest BCUT2D eigenvalue weighted by atomic mass is 10.1. The number of anilines is 1. The Labute approximate surface area is 159 Å². The third-order valence-corrected chi connectivity index (χ3v) is 4.78. The van der Waals surface area contributed by atoms with E-state index in [2.05, 4.69) is 15.5 Å². The van der Waals surface area contributed by atoms with Gasteiger partial charge in [-0.25, -0.2) is 4.68 Å². The molecule has 0 aliphatic rings. The molecule has 0 radical (unpaired) electrons. The zero-order valence-electron chi connectivity index (χ0n) is 14.5. The molecule has 2 aromatic carbocycles. The molecule has 1 heterocycles. The molecule has 2 amide bonds. The summed E-state index contributed by atoms with van der Waals surface area (Å²) in [6.07, 6.45) is 0. The maximum Gasteiger partial charge on any atom is 0.248 e.